The van der Waals surface area contributed by atoms with Crippen molar-refractivity contribution in [3.05, 3.63) is 90.0 Å². The van der Waals surface area contributed by atoms with Crippen LogP contribution in [0.1, 0.15) is 28.4 Å². The minimum Gasteiger partial charge on any atom is -0.373 e. The second-order valence-corrected chi connectivity index (χ2v) is 6.76. The van der Waals surface area contributed by atoms with E-state index in [-0.39, 0.29) is 5.91 Å². The van der Waals surface area contributed by atoms with Crippen LogP contribution in [0.15, 0.2) is 73.3 Å². The van der Waals surface area contributed by atoms with Crippen LogP contribution in [0.2, 0.25) is 0 Å². The molecule has 0 atom stereocenters. The molecular formula is C23H26N4O. The maximum atomic E-state index is 13.0. The molecule has 0 aliphatic rings. The smallest absolute Gasteiger partial charge is 0.255 e. The van der Waals surface area contributed by atoms with Crippen LogP contribution in [-0.2, 0) is 13.0 Å². The molecule has 0 bridgehead atoms. The number of anilines is 1. The highest BCUT2D eigenvalue weighted by molar-refractivity contribution is 5.94. The molecule has 28 heavy (non-hydrogen) atoms. The Hall–Kier alpha value is -3.21. The maximum absolute atomic E-state index is 13.0. The molecule has 2 aromatic heterocycles. The third kappa shape index (κ3) is 5.16. The first kappa shape index (κ1) is 19.5. The molecule has 1 amide bonds. The van der Waals surface area contributed by atoms with Crippen LogP contribution in [0, 0.1) is 0 Å². The van der Waals surface area contributed by atoms with Gasteiger partial charge in [-0.25, -0.2) is 0 Å². The molecule has 144 valence electrons. The first-order valence-electron chi connectivity index (χ1n) is 9.55. The molecule has 2 heterocycles. The lowest BCUT2D eigenvalue weighted by atomic mass is 10.1. The first-order chi connectivity index (χ1) is 13.7. The highest BCUT2D eigenvalue weighted by Gasteiger charge is 2.16. The van der Waals surface area contributed by atoms with Crippen molar-refractivity contribution < 1.29 is 4.79 Å². The molecule has 0 fully saturated rings. The van der Waals surface area contributed by atoms with Crippen molar-refractivity contribution in [2.24, 2.45) is 0 Å². The quantitative estimate of drug-likeness (QED) is 0.601. The van der Waals surface area contributed by atoms with Gasteiger partial charge in [0.15, 0.2) is 0 Å². The summed E-state index contributed by atoms with van der Waals surface area (Å²) in [5.41, 5.74) is 3.92. The fourth-order valence-corrected chi connectivity index (χ4v) is 3.04. The predicted molar refractivity (Wildman–Crippen MR) is 112 cm³/mol. The van der Waals surface area contributed by atoms with Crippen LogP contribution in [0.5, 0.6) is 0 Å². The zero-order chi connectivity index (χ0) is 19.8. The number of pyridine rings is 2. The largest absolute Gasteiger partial charge is 0.373 e. The summed E-state index contributed by atoms with van der Waals surface area (Å²) in [6, 6.07) is 16.0. The summed E-state index contributed by atoms with van der Waals surface area (Å²) in [6.07, 6.45) is 7.98. The number of hydrogen-bond acceptors (Lipinski definition) is 4. The van der Waals surface area contributed by atoms with E-state index in [1.807, 2.05) is 79.8 Å². The van der Waals surface area contributed by atoms with Crippen LogP contribution in [0.3, 0.4) is 0 Å². The molecule has 5 nitrogen and oxygen atoms in total. The minimum absolute atomic E-state index is 0.00300. The van der Waals surface area contributed by atoms with Crippen molar-refractivity contribution in [3.63, 3.8) is 0 Å². The third-order valence-corrected chi connectivity index (χ3v) is 4.78. The number of rotatable bonds is 8. The van der Waals surface area contributed by atoms with Crippen LogP contribution in [0.4, 0.5) is 5.69 Å². The minimum atomic E-state index is 0.00300. The van der Waals surface area contributed by atoms with Crippen LogP contribution in [0.25, 0.3) is 0 Å². The fraction of sp³-hybridized carbons (Fsp3) is 0.261. The van der Waals surface area contributed by atoms with Crippen molar-refractivity contribution in [2.45, 2.75) is 19.9 Å². The standard InChI is InChI=1S/C23H26N4O/c1-3-27(18-20-7-5-4-6-8-20)23(28)21-15-22(17-25-16-21)26(2)14-11-19-9-12-24-13-10-19/h4-10,12-13,15-17H,3,11,14,18H2,1-2H3. The molecule has 0 aliphatic heterocycles. The number of likely N-dealkylation sites (N-methyl/N-ethyl adjacent to an activating group) is 1. The Bertz CT molecular complexity index is 883. The van der Waals surface area contributed by atoms with E-state index in [0.29, 0.717) is 18.7 Å². The number of aromatic nitrogens is 2. The first-order valence-corrected chi connectivity index (χ1v) is 9.55. The SMILES string of the molecule is CCN(Cc1ccccc1)C(=O)c1cncc(N(C)CCc2ccncc2)c1. The number of hydrogen-bond donors (Lipinski definition) is 0. The summed E-state index contributed by atoms with van der Waals surface area (Å²) in [7, 11) is 2.02. The zero-order valence-electron chi connectivity index (χ0n) is 16.5. The molecular weight excluding hydrogens is 348 g/mol. The molecule has 0 spiro atoms. The molecule has 5 heteroatoms. The van der Waals surface area contributed by atoms with Gasteiger partial charge in [-0.3, -0.25) is 14.8 Å². The maximum Gasteiger partial charge on any atom is 0.255 e. The Balaban J connectivity index is 1.67. The molecule has 3 rings (SSSR count). The molecule has 0 unspecified atom stereocenters. The van der Waals surface area contributed by atoms with Gasteiger partial charge in [0.2, 0.25) is 0 Å². The normalized spacial score (nSPS) is 10.5. The average Bonchev–Trinajstić information content (AvgIpc) is 2.77. The Kier molecular flexibility index (Phi) is 6.73. The van der Waals surface area contributed by atoms with Crippen molar-refractivity contribution >= 4 is 11.6 Å². The van der Waals surface area contributed by atoms with Crippen LogP contribution >= 0.6 is 0 Å². The lowest BCUT2D eigenvalue weighted by Crippen LogP contribution is -2.30. The number of benzene rings is 1. The fourth-order valence-electron chi connectivity index (χ4n) is 3.04. The predicted octanol–water partition coefficient (Wildman–Crippen LogP) is 3.82. The van der Waals surface area contributed by atoms with Crippen molar-refractivity contribution in [1.82, 2.24) is 14.9 Å². The topological polar surface area (TPSA) is 49.3 Å². The second-order valence-electron chi connectivity index (χ2n) is 6.76. The lowest BCUT2D eigenvalue weighted by molar-refractivity contribution is 0.0752. The summed E-state index contributed by atoms with van der Waals surface area (Å²) in [5.74, 6) is 0.00300. The number of carbonyl (C=O) groups is 1. The Labute approximate surface area is 166 Å². The number of amides is 1. The lowest BCUT2D eigenvalue weighted by Gasteiger charge is -2.23. The highest BCUT2D eigenvalue weighted by atomic mass is 16.2. The zero-order valence-corrected chi connectivity index (χ0v) is 16.5. The van der Waals surface area contributed by atoms with E-state index in [2.05, 4.69) is 14.9 Å². The summed E-state index contributed by atoms with van der Waals surface area (Å²) in [6.45, 7) is 4.08. The van der Waals surface area contributed by atoms with Crippen molar-refractivity contribution in [1.29, 1.82) is 0 Å². The van der Waals surface area contributed by atoms with Gasteiger partial charge in [0, 0.05) is 45.3 Å². The number of nitrogens with zero attached hydrogens (tertiary/aromatic N) is 4. The van der Waals surface area contributed by atoms with E-state index in [0.717, 1.165) is 24.2 Å². The van der Waals surface area contributed by atoms with Gasteiger partial charge in [-0.15, -0.1) is 0 Å². The van der Waals surface area contributed by atoms with Crippen molar-refractivity contribution in [3.8, 4) is 0 Å². The van der Waals surface area contributed by atoms with Crippen LogP contribution in [-0.4, -0.2) is 40.9 Å². The van der Waals surface area contributed by atoms with Crippen LogP contribution < -0.4 is 4.90 Å². The highest BCUT2D eigenvalue weighted by Crippen LogP contribution is 2.16. The summed E-state index contributed by atoms with van der Waals surface area (Å²) in [4.78, 5) is 25.3. The van der Waals surface area contributed by atoms with E-state index in [9.17, 15) is 4.79 Å². The van der Waals surface area contributed by atoms with E-state index < -0.39 is 0 Å². The van der Waals surface area contributed by atoms with Gasteiger partial charge >= 0.3 is 0 Å². The molecule has 1 aromatic carbocycles. The Morgan fingerprint density at radius 2 is 1.71 bits per heavy atom. The third-order valence-electron chi connectivity index (χ3n) is 4.78. The van der Waals surface area contributed by atoms with Crippen molar-refractivity contribution in [2.75, 3.05) is 25.0 Å². The van der Waals surface area contributed by atoms with Gasteiger partial charge < -0.3 is 9.80 Å². The molecule has 0 radical (unpaired) electrons. The van der Waals surface area contributed by atoms with E-state index in [4.69, 9.17) is 0 Å². The Morgan fingerprint density at radius 3 is 2.43 bits per heavy atom. The second kappa shape index (κ2) is 9.65. The molecule has 0 saturated carbocycles. The van der Waals surface area contributed by atoms with Gasteiger partial charge in [-0.1, -0.05) is 30.3 Å². The van der Waals surface area contributed by atoms with Gasteiger partial charge in [0.05, 0.1) is 17.4 Å². The van der Waals surface area contributed by atoms with E-state index in [1.54, 1.807) is 12.4 Å². The molecule has 3 aromatic rings. The van der Waals surface area contributed by atoms with E-state index in [1.165, 1.54) is 5.56 Å². The summed E-state index contributed by atoms with van der Waals surface area (Å²) in [5, 5.41) is 0. The molecule has 0 aliphatic carbocycles. The van der Waals surface area contributed by atoms with Gasteiger partial charge in [0.1, 0.15) is 0 Å². The molecule has 0 N–H and O–H groups in total. The summed E-state index contributed by atoms with van der Waals surface area (Å²) >= 11 is 0. The molecule has 0 saturated heterocycles. The van der Waals surface area contributed by atoms with Gasteiger partial charge in [-0.05, 0) is 42.7 Å². The summed E-state index contributed by atoms with van der Waals surface area (Å²) < 4.78 is 0. The number of carbonyl (C=O) groups excluding carboxylic acids is 1. The van der Waals surface area contributed by atoms with E-state index >= 15 is 0 Å². The van der Waals surface area contributed by atoms with Gasteiger partial charge in [-0.2, -0.15) is 0 Å². The Morgan fingerprint density at radius 1 is 0.964 bits per heavy atom. The average molecular weight is 374 g/mol. The monoisotopic (exact) mass is 374 g/mol. The van der Waals surface area contributed by atoms with Gasteiger partial charge in [0.25, 0.3) is 5.91 Å².